The monoisotopic (exact) mass is 315 g/mol. The van der Waals surface area contributed by atoms with Crippen LogP contribution in [0.2, 0.25) is 0 Å². The summed E-state index contributed by atoms with van der Waals surface area (Å²) in [6, 6.07) is 4.46. The second-order valence-electron chi connectivity index (χ2n) is 5.89. The van der Waals surface area contributed by atoms with Crippen LogP contribution in [0.4, 0.5) is 0 Å². The Labute approximate surface area is 134 Å². The Hall–Kier alpha value is -2.38. The van der Waals surface area contributed by atoms with Crippen LogP contribution in [0.25, 0.3) is 5.70 Å². The molecular weight excluding hydrogens is 294 g/mol. The van der Waals surface area contributed by atoms with Gasteiger partial charge in [0.05, 0.1) is 17.4 Å². The molecule has 2 aliphatic rings. The fourth-order valence-corrected chi connectivity index (χ4v) is 3.60. The van der Waals surface area contributed by atoms with E-state index in [2.05, 4.69) is 63.3 Å². The molecule has 7 nitrogen and oxygen atoms in total. The van der Waals surface area contributed by atoms with Gasteiger partial charge in [0, 0.05) is 38.4 Å². The van der Waals surface area contributed by atoms with Gasteiger partial charge < -0.3 is 19.2 Å². The summed E-state index contributed by atoms with van der Waals surface area (Å²) in [6.45, 7) is 4.05. The first-order valence-electron chi connectivity index (χ1n) is 7.57. The highest BCUT2D eigenvalue weighted by atomic mass is 16.4. The third kappa shape index (κ3) is 2.38. The molecule has 0 aromatic carbocycles. The van der Waals surface area contributed by atoms with Crippen LogP contribution in [0.5, 0.6) is 0 Å². The van der Waals surface area contributed by atoms with E-state index in [1.54, 1.807) is 0 Å². The largest absolute Gasteiger partial charge is 0.358 e. The highest BCUT2D eigenvalue weighted by Gasteiger charge is 2.39. The van der Waals surface area contributed by atoms with Crippen LogP contribution in [-0.4, -0.2) is 37.1 Å². The van der Waals surface area contributed by atoms with Crippen molar-refractivity contribution in [1.29, 1.82) is 0 Å². The normalized spacial score (nSPS) is 21.9. The summed E-state index contributed by atoms with van der Waals surface area (Å²) in [5.41, 5.74) is 3.05. The van der Waals surface area contributed by atoms with Crippen LogP contribution >= 0.6 is 0 Å². The predicted octanol–water partition coefficient (Wildman–Crippen LogP) is 1.42. The molecule has 2 aromatic rings. The number of hydrogen-bond acceptors (Lipinski definition) is 5. The first-order chi connectivity index (χ1) is 11.2. The highest BCUT2D eigenvalue weighted by molar-refractivity contribution is 5.71. The van der Waals surface area contributed by atoms with Crippen LogP contribution in [0.1, 0.15) is 35.0 Å². The number of nitrogens with two attached hydrogens (primary N) is 1. The molecule has 0 aliphatic carbocycles. The van der Waals surface area contributed by atoms with Crippen molar-refractivity contribution in [3.05, 3.63) is 47.8 Å². The van der Waals surface area contributed by atoms with Crippen molar-refractivity contribution < 1.29 is 10.0 Å². The molecule has 2 aliphatic heterocycles. The molecule has 2 atom stereocenters. The summed E-state index contributed by atoms with van der Waals surface area (Å²) in [4.78, 5) is 17.9. The van der Waals surface area contributed by atoms with E-state index in [9.17, 15) is 4.79 Å². The zero-order chi connectivity index (χ0) is 16.6. The lowest BCUT2D eigenvalue weighted by atomic mass is 10.0. The second kappa shape index (κ2) is 6.02. The fraction of sp³-hybridized carbons (Fsp3) is 0.375. The molecule has 0 radical (unpaired) electrons. The van der Waals surface area contributed by atoms with Gasteiger partial charge in [-0.25, -0.2) is 10.9 Å². The quantitative estimate of drug-likeness (QED) is 0.646. The Bertz CT molecular complexity index is 745. The van der Waals surface area contributed by atoms with Crippen LogP contribution in [0.15, 0.2) is 30.6 Å². The lowest BCUT2D eigenvalue weighted by molar-refractivity contribution is 0.111. The van der Waals surface area contributed by atoms with E-state index < -0.39 is 0 Å². The third-order valence-electron chi connectivity index (χ3n) is 4.56. The summed E-state index contributed by atoms with van der Waals surface area (Å²) in [7, 11) is 2.07. The van der Waals surface area contributed by atoms with Crippen LogP contribution in [0.3, 0.4) is 0 Å². The first kappa shape index (κ1) is 15.5. The molecule has 23 heavy (non-hydrogen) atoms. The lowest BCUT2D eigenvalue weighted by Gasteiger charge is -2.36. The molecule has 3 N–H and O–H groups in total. The standard InChI is InChI=1S/C16H18N4O.H3NO/c1-11-8-14(13-4-3-5-18(13)2)20-7-6-19-9-12(10-21)17-16(19)15(11)20;1-2/h3-5,8-11,15H,6-7H2,1-2H3;2H,1H2. The number of aryl methyl sites for hydroxylation is 1. The van der Waals surface area contributed by atoms with Crippen LogP contribution in [-0.2, 0) is 13.6 Å². The second-order valence-corrected chi connectivity index (χ2v) is 5.89. The molecule has 0 bridgehead atoms. The summed E-state index contributed by atoms with van der Waals surface area (Å²) in [6.07, 6.45) is 7.10. The SMILES string of the molecule is CC1C=C(c2cccn2C)N2CCn3cc(C=O)nc3C12.NO. The van der Waals surface area contributed by atoms with E-state index in [-0.39, 0.29) is 6.04 Å². The minimum absolute atomic E-state index is 0.234. The molecule has 4 heterocycles. The number of carbonyl (C=O) groups excluding carboxylic acids is 1. The number of aromatic nitrogens is 3. The molecule has 2 unspecified atom stereocenters. The summed E-state index contributed by atoms with van der Waals surface area (Å²) < 4.78 is 4.28. The maximum absolute atomic E-state index is 11.0. The number of rotatable bonds is 2. The number of fused-ring (bicyclic) bond motifs is 3. The first-order valence-corrected chi connectivity index (χ1v) is 7.57. The van der Waals surface area contributed by atoms with Gasteiger partial charge in [0.25, 0.3) is 0 Å². The van der Waals surface area contributed by atoms with Gasteiger partial charge >= 0.3 is 0 Å². The maximum atomic E-state index is 11.0. The van der Waals surface area contributed by atoms with Crippen LogP contribution in [0, 0.1) is 5.92 Å². The Kier molecular flexibility index (Phi) is 4.06. The van der Waals surface area contributed by atoms with Crippen molar-refractivity contribution >= 4 is 12.0 Å². The summed E-state index contributed by atoms with van der Waals surface area (Å²) in [5, 5.41) is 6.50. The molecule has 7 heteroatoms. The van der Waals surface area contributed by atoms with E-state index >= 15 is 0 Å². The molecular formula is C16H21N5O2. The topological polar surface area (TPSA) is 89.3 Å². The molecule has 0 fully saturated rings. The van der Waals surface area contributed by atoms with Crippen molar-refractivity contribution in [3.63, 3.8) is 0 Å². The zero-order valence-corrected chi connectivity index (χ0v) is 13.3. The van der Waals surface area contributed by atoms with Gasteiger partial charge in [-0.05, 0) is 12.1 Å². The van der Waals surface area contributed by atoms with Crippen molar-refractivity contribution in [2.75, 3.05) is 6.54 Å². The van der Waals surface area contributed by atoms with Gasteiger partial charge in [-0.3, -0.25) is 4.79 Å². The summed E-state index contributed by atoms with van der Waals surface area (Å²) in [5.74, 6) is 4.90. The van der Waals surface area contributed by atoms with Gasteiger partial charge in [-0.1, -0.05) is 13.0 Å². The molecule has 0 amide bonds. The smallest absolute Gasteiger partial charge is 0.170 e. The van der Waals surface area contributed by atoms with Gasteiger partial charge in [0.2, 0.25) is 0 Å². The summed E-state index contributed by atoms with van der Waals surface area (Å²) >= 11 is 0. The molecule has 0 saturated heterocycles. The van der Waals surface area contributed by atoms with Gasteiger partial charge in [-0.2, -0.15) is 0 Å². The van der Waals surface area contributed by atoms with Crippen molar-refractivity contribution in [2.45, 2.75) is 19.5 Å². The van der Waals surface area contributed by atoms with Crippen molar-refractivity contribution in [2.24, 2.45) is 18.9 Å². The van der Waals surface area contributed by atoms with Crippen molar-refractivity contribution in [1.82, 2.24) is 19.0 Å². The van der Waals surface area contributed by atoms with E-state index in [1.807, 2.05) is 6.20 Å². The van der Waals surface area contributed by atoms with E-state index in [0.717, 1.165) is 25.2 Å². The van der Waals surface area contributed by atoms with Crippen molar-refractivity contribution in [3.8, 4) is 0 Å². The minimum Gasteiger partial charge on any atom is -0.358 e. The predicted molar refractivity (Wildman–Crippen MR) is 85.6 cm³/mol. The highest BCUT2D eigenvalue weighted by Crippen LogP contribution is 2.44. The van der Waals surface area contributed by atoms with E-state index in [4.69, 9.17) is 5.21 Å². The van der Waals surface area contributed by atoms with Gasteiger partial charge in [0.1, 0.15) is 11.5 Å². The van der Waals surface area contributed by atoms with Gasteiger partial charge in [-0.15, -0.1) is 0 Å². The number of carbonyl (C=O) groups is 1. The average molecular weight is 315 g/mol. The Morgan fingerprint density at radius 3 is 2.83 bits per heavy atom. The Morgan fingerprint density at radius 2 is 2.17 bits per heavy atom. The number of imidazole rings is 1. The third-order valence-corrected chi connectivity index (χ3v) is 4.56. The molecule has 2 aromatic heterocycles. The van der Waals surface area contributed by atoms with E-state index in [0.29, 0.717) is 11.6 Å². The minimum atomic E-state index is 0.234. The zero-order valence-electron chi connectivity index (χ0n) is 13.3. The number of hydrogen-bond donors (Lipinski definition) is 2. The fourth-order valence-electron chi connectivity index (χ4n) is 3.60. The van der Waals surface area contributed by atoms with Gasteiger partial charge in [0.15, 0.2) is 6.29 Å². The van der Waals surface area contributed by atoms with E-state index in [1.165, 1.54) is 11.4 Å². The molecule has 4 rings (SSSR count). The number of aldehydes is 1. The van der Waals surface area contributed by atoms with Crippen LogP contribution < -0.4 is 5.90 Å². The number of nitrogens with zero attached hydrogens (tertiary/aromatic N) is 4. The average Bonchev–Trinajstić information content (AvgIpc) is 3.25. The molecule has 0 saturated carbocycles. The Balaban J connectivity index is 0.000000753. The molecule has 122 valence electrons. The Morgan fingerprint density at radius 1 is 1.39 bits per heavy atom. The maximum Gasteiger partial charge on any atom is 0.170 e. The lowest BCUT2D eigenvalue weighted by Crippen LogP contribution is -2.36. The molecule has 0 spiro atoms.